The molecule has 0 radical (unpaired) electrons. The van der Waals surface area contributed by atoms with Crippen LogP contribution < -0.4 is 10.6 Å². The van der Waals surface area contributed by atoms with Crippen LogP contribution in [0.15, 0.2) is 75.3 Å². The van der Waals surface area contributed by atoms with Crippen LogP contribution in [0.1, 0.15) is 19.0 Å². The molecule has 2 amide bonds. The molecule has 9 heteroatoms. The van der Waals surface area contributed by atoms with Crippen LogP contribution in [0.4, 0.5) is 16.2 Å². The van der Waals surface area contributed by atoms with E-state index in [9.17, 15) is 4.79 Å². The van der Waals surface area contributed by atoms with Crippen molar-refractivity contribution < 1.29 is 4.79 Å². The zero-order valence-electron chi connectivity index (χ0n) is 16.2. The number of carbonyl (C=O) groups excluding carboxylic acids is 1. The number of hydrogen-bond acceptors (Lipinski definition) is 5. The average molecular weight is 483 g/mol. The van der Waals surface area contributed by atoms with Crippen LogP contribution in [-0.4, -0.2) is 25.6 Å². The van der Waals surface area contributed by atoms with Gasteiger partial charge in [-0.3, -0.25) is 0 Å². The van der Waals surface area contributed by atoms with Crippen molar-refractivity contribution in [1.82, 2.24) is 19.6 Å². The molecule has 7 nitrogen and oxygen atoms in total. The van der Waals surface area contributed by atoms with E-state index in [1.165, 1.54) is 6.33 Å². The number of aromatic nitrogens is 4. The third-order valence-corrected chi connectivity index (χ3v) is 5.70. The molecule has 2 aromatic carbocycles. The van der Waals surface area contributed by atoms with E-state index in [0.717, 1.165) is 32.9 Å². The number of aryl methyl sites for hydroxylation is 1. The molecule has 0 saturated carbocycles. The molecule has 0 aliphatic carbocycles. The van der Waals surface area contributed by atoms with Gasteiger partial charge in [0.2, 0.25) is 0 Å². The molecule has 2 N–H and O–H groups in total. The molecular formula is C21H19BrN6OS. The molecule has 152 valence electrons. The van der Waals surface area contributed by atoms with Crippen molar-refractivity contribution in [3.8, 4) is 0 Å². The molecule has 0 unspecified atom stereocenters. The molecule has 0 atom stereocenters. The van der Waals surface area contributed by atoms with Crippen LogP contribution in [0.5, 0.6) is 0 Å². The molecular weight excluding hydrogens is 464 g/mol. The standard InChI is InChI=1S/C21H19BrN6OS/c1-2-4-16-12-19(28-20(25-16)23-13-24-28)30-18-9-7-15(8-10-18)26-21(29)27-17-6-3-5-14(22)11-17/h3,5-13H,2,4H2,1H3,(H2,26,27,29). The van der Waals surface area contributed by atoms with Gasteiger partial charge in [0, 0.05) is 26.4 Å². The van der Waals surface area contributed by atoms with Crippen molar-refractivity contribution in [3.05, 3.63) is 71.1 Å². The predicted octanol–water partition coefficient (Wildman–Crippen LogP) is 5.63. The summed E-state index contributed by atoms with van der Waals surface area (Å²) in [5.41, 5.74) is 2.42. The van der Waals surface area contributed by atoms with E-state index in [4.69, 9.17) is 0 Å². The van der Waals surface area contributed by atoms with Crippen LogP contribution in [0, 0.1) is 0 Å². The molecule has 0 aliphatic rings. The van der Waals surface area contributed by atoms with Crippen molar-refractivity contribution in [2.24, 2.45) is 0 Å². The van der Waals surface area contributed by atoms with Gasteiger partial charge in [-0.15, -0.1) is 0 Å². The lowest BCUT2D eigenvalue weighted by molar-refractivity contribution is 0.262. The molecule has 0 fully saturated rings. The minimum atomic E-state index is -0.295. The number of nitrogens with zero attached hydrogens (tertiary/aromatic N) is 4. The van der Waals surface area contributed by atoms with Crippen LogP contribution >= 0.6 is 27.7 Å². The molecule has 2 aromatic heterocycles. The van der Waals surface area contributed by atoms with Crippen LogP contribution in [0.3, 0.4) is 0 Å². The number of rotatable bonds is 6. The van der Waals surface area contributed by atoms with Crippen molar-refractivity contribution in [3.63, 3.8) is 0 Å². The average Bonchev–Trinajstić information content (AvgIpc) is 3.19. The van der Waals surface area contributed by atoms with Crippen LogP contribution in [-0.2, 0) is 6.42 Å². The fraction of sp³-hybridized carbons (Fsp3) is 0.143. The van der Waals surface area contributed by atoms with E-state index in [-0.39, 0.29) is 6.03 Å². The zero-order valence-corrected chi connectivity index (χ0v) is 18.6. The van der Waals surface area contributed by atoms with Crippen molar-refractivity contribution >= 4 is 50.9 Å². The molecule has 0 bridgehead atoms. The molecule has 4 aromatic rings. The second-order valence-corrected chi connectivity index (χ2v) is 8.53. The minimum absolute atomic E-state index is 0.295. The largest absolute Gasteiger partial charge is 0.323 e. The number of benzene rings is 2. The Morgan fingerprint density at radius 2 is 1.90 bits per heavy atom. The lowest BCUT2D eigenvalue weighted by atomic mass is 10.2. The molecule has 2 heterocycles. The zero-order chi connectivity index (χ0) is 20.9. The maximum absolute atomic E-state index is 12.2. The number of carbonyl (C=O) groups is 1. The van der Waals surface area contributed by atoms with Gasteiger partial charge in [0.05, 0.1) is 0 Å². The van der Waals surface area contributed by atoms with Gasteiger partial charge in [-0.25, -0.2) is 9.78 Å². The smallest absolute Gasteiger partial charge is 0.308 e. The number of amides is 2. The Bertz CT molecular complexity index is 1180. The van der Waals surface area contributed by atoms with Gasteiger partial charge >= 0.3 is 6.03 Å². The summed E-state index contributed by atoms with van der Waals surface area (Å²) in [5.74, 6) is 0.603. The van der Waals surface area contributed by atoms with Gasteiger partial charge in [0.25, 0.3) is 5.78 Å². The summed E-state index contributed by atoms with van der Waals surface area (Å²) < 4.78 is 2.64. The SMILES string of the molecule is CCCc1cc(Sc2ccc(NC(=O)Nc3cccc(Br)c3)cc2)n2ncnc2n1. The quantitative estimate of drug-likeness (QED) is 0.347. The van der Waals surface area contributed by atoms with Crippen molar-refractivity contribution in [2.75, 3.05) is 10.6 Å². The summed E-state index contributed by atoms with van der Waals surface area (Å²) in [4.78, 5) is 22.0. The molecule has 30 heavy (non-hydrogen) atoms. The highest BCUT2D eigenvalue weighted by Gasteiger charge is 2.10. The maximum Gasteiger partial charge on any atom is 0.323 e. The van der Waals surface area contributed by atoms with Crippen molar-refractivity contribution in [2.45, 2.75) is 29.7 Å². The van der Waals surface area contributed by atoms with Gasteiger partial charge < -0.3 is 10.6 Å². The number of fused-ring (bicyclic) bond motifs is 1. The Morgan fingerprint density at radius 3 is 2.67 bits per heavy atom. The summed E-state index contributed by atoms with van der Waals surface area (Å²) in [6.07, 6.45) is 3.43. The van der Waals surface area contributed by atoms with Gasteiger partial charge in [0.15, 0.2) is 0 Å². The lowest BCUT2D eigenvalue weighted by Crippen LogP contribution is -2.19. The first-order chi connectivity index (χ1) is 14.6. The van der Waals surface area contributed by atoms with Crippen molar-refractivity contribution in [1.29, 1.82) is 0 Å². The highest BCUT2D eigenvalue weighted by atomic mass is 79.9. The Hall–Kier alpha value is -2.91. The summed E-state index contributed by atoms with van der Waals surface area (Å²) in [7, 11) is 0. The van der Waals surface area contributed by atoms with E-state index in [1.54, 1.807) is 16.3 Å². The highest BCUT2D eigenvalue weighted by Crippen LogP contribution is 2.29. The van der Waals surface area contributed by atoms with Crippen LogP contribution in [0.25, 0.3) is 5.78 Å². The number of nitrogens with one attached hydrogen (secondary N) is 2. The fourth-order valence-corrected chi connectivity index (χ4v) is 4.20. The molecule has 4 rings (SSSR count). The third-order valence-electron chi connectivity index (χ3n) is 4.20. The minimum Gasteiger partial charge on any atom is -0.308 e. The van der Waals surface area contributed by atoms with E-state index in [2.05, 4.69) is 48.6 Å². The summed E-state index contributed by atoms with van der Waals surface area (Å²) in [6, 6.07) is 16.9. The number of urea groups is 1. The van der Waals surface area contributed by atoms with Gasteiger partial charge in [-0.05, 0) is 55.0 Å². The Labute approximate surface area is 186 Å². The van der Waals surface area contributed by atoms with Gasteiger partial charge in [-0.2, -0.15) is 14.6 Å². The molecule has 0 saturated heterocycles. The second kappa shape index (κ2) is 9.27. The molecule has 0 spiro atoms. The topological polar surface area (TPSA) is 84.2 Å². The normalized spacial score (nSPS) is 10.9. The van der Waals surface area contributed by atoms with E-state index >= 15 is 0 Å². The number of halogens is 1. The van der Waals surface area contributed by atoms with Gasteiger partial charge in [-0.1, -0.05) is 47.1 Å². The fourth-order valence-electron chi connectivity index (χ4n) is 2.88. The Balaban J connectivity index is 1.44. The summed E-state index contributed by atoms with van der Waals surface area (Å²) in [6.45, 7) is 2.13. The number of hydrogen-bond donors (Lipinski definition) is 2. The van der Waals surface area contributed by atoms with Gasteiger partial charge in [0.1, 0.15) is 11.4 Å². The number of anilines is 2. The van der Waals surface area contributed by atoms with E-state index < -0.39 is 0 Å². The molecule has 0 aliphatic heterocycles. The summed E-state index contributed by atoms with van der Waals surface area (Å²) >= 11 is 4.97. The Morgan fingerprint density at radius 1 is 1.10 bits per heavy atom. The predicted molar refractivity (Wildman–Crippen MR) is 122 cm³/mol. The van der Waals surface area contributed by atoms with E-state index in [0.29, 0.717) is 17.2 Å². The summed E-state index contributed by atoms with van der Waals surface area (Å²) in [5, 5.41) is 10.9. The van der Waals surface area contributed by atoms with E-state index in [1.807, 2.05) is 54.6 Å². The maximum atomic E-state index is 12.2. The monoisotopic (exact) mass is 482 g/mol. The lowest BCUT2D eigenvalue weighted by Gasteiger charge is -2.09. The highest BCUT2D eigenvalue weighted by molar-refractivity contribution is 9.10. The Kier molecular flexibility index (Phi) is 6.29. The first kappa shape index (κ1) is 20.4. The third kappa shape index (κ3) is 4.98. The van der Waals surface area contributed by atoms with Crippen LogP contribution in [0.2, 0.25) is 0 Å². The first-order valence-electron chi connectivity index (χ1n) is 9.42. The second-order valence-electron chi connectivity index (χ2n) is 6.52. The first-order valence-corrected chi connectivity index (χ1v) is 11.0.